The van der Waals surface area contributed by atoms with E-state index in [1.54, 1.807) is 25.3 Å². The molecule has 0 saturated carbocycles. The van der Waals surface area contributed by atoms with Crippen molar-refractivity contribution in [1.82, 2.24) is 10.2 Å². The lowest BCUT2D eigenvalue weighted by molar-refractivity contribution is 0.0697. The summed E-state index contributed by atoms with van der Waals surface area (Å²) in [5.41, 5.74) is 2.52. The Morgan fingerprint density at radius 1 is 1.25 bits per heavy atom. The first-order valence-corrected chi connectivity index (χ1v) is 6.05. The highest BCUT2D eigenvalue weighted by molar-refractivity contribution is 5.99. The largest absolute Gasteiger partial charge is 0.496 e. The number of benzene rings is 2. The number of rotatable bonds is 3. The van der Waals surface area contributed by atoms with E-state index in [4.69, 9.17) is 9.84 Å². The summed E-state index contributed by atoms with van der Waals surface area (Å²) in [7, 11) is 1.59. The van der Waals surface area contributed by atoms with Gasteiger partial charge in [0.25, 0.3) is 0 Å². The number of nitrogens with one attached hydrogen (secondary N) is 1. The van der Waals surface area contributed by atoms with Crippen LogP contribution in [0, 0.1) is 0 Å². The third-order valence-electron chi connectivity index (χ3n) is 3.17. The van der Waals surface area contributed by atoms with Crippen LogP contribution < -0.4 is 4.74 Å². The standard InChI is InChI=1S/C15H12N2O3/c1-20-13-5-3-2-4-10(13)14-11-8-9(15(18)19)6-7-12(11)16-17-14/h2-8H,1H3,(H,16,17)(H,18,19). The number of hydrogen-bond acceptors (Lipinski definition) is 3. The molecule has 5 nitrogen and oxygen atoms in total. The van der Waals surface area contributed by atoms with Crippen LogP contribution in [0.4, 0.5) is 0 Å². The number of carboxylic acid groups (broad SMARTS) is 1. The van der Waals surface area contributed by atoms with Gasteiger partial charge in [-0.25, -0.2) is 4.79 Å². The van der Waals surface area contributed by atoms with E-state index >= 15 is 0 Å². The predicted molar refractivity (Wildman–Crippen MR) is 75.0 cm³/mol. The lowest BCUT2D eigenvalue weighted by Crippen LogP contribution is -1.95. The molecular weight excluding hydrogens is 256 g/mol. The molecule has 5 heteroatoms. The molecule has 2 N–H and O–H groups in total. The second-order valence-corrected chi connectivity index (χ2v) is 4.34. The van der Waals surface area contributed by atoms with Gasteiger partial charge in [-0.15, -0.1) is 0 Å². The highest BCUT2D eigenvalue weighted by atomic mass is 16.5. The van der Waals surface area contributed by atoms with Crippen molar-refractivity contribution >= 4 is 16.9 Å². The van der Waals surface area contributed by atoms with E-state index in [1.807, 2.05) is 24.3 Å². The maximum Gasteiger partial charge on any atom is 0.335 e. The monoisotopic (exact) mass is 268 g/mol. The van der Waals surface area contributed by atoms with E-state index in [0.29, 0.717) is 11.4 Å². The van der Waals surface area contributed by atoms with E-state index in [9.17, 15) is 4.79 Å². The van der Waals surface area contributed by atoms with Gasteiger partial charge in [-0.05, 0) is 30.3 Å². The Morgan fingerprint density at radius 2 is 2.05 bits per heavy atom. The number of carbonyl (C=O) groups is 1. The Kier molecular flexibility index (Phi) is 2.87. The maximum absolute atomic E-state index is 11.1. The summed E-state index contributed by atoms with van der Waals surface area (Å²) >= 11 is 0. The minimum atomic E-state index is -0.959. The summed E-state index contributed by atoms with van der Waals surface area (Å²) < 4.78 is 5.33. The Bertz CT molecular complexity index is 793. The van der Waals surface area contributed by atoms with Crippen LogP contribution in [0.2, 0.25) is 0 Å². The van der Waals surface area contributed by atoms with Crippen molar-refractivity contribution in [2.24, 2.45) is 0 Å². The summed E-state index contributed by atoms with van der Waals surface area (Å²) in [6.07, 6.45) is 0. The fraction of sp³-hybridized carbons (Fsp3) is 0.0667. The average molecular weight is 268 g/mol. The topological polar surface area (TPSA) is 75.2 Å². The van der Waals surface area contributed by atoms with Crippen molar-refractivity contribution in [2.75, 3.05) is 7.11 Å². The molecule has 2 aromatic carbocycles. The molecule has 0 aliphatic carbocycles. The first-order valence-electron chi connectivity index (χ1n) is 6.05. The van der Waals surface area contributed by atoms with Gasteiger partial charge in [-0.2, -0.15) is 5.10 Å². The number of H-pyrrole nitrogens is 1. The highest BCUT2D eigenvalue weighted by Gasteiger charge is 2.14. The van der Waals surface area contributed by atoms with Gasteiger partial charge in [0.1, 0.15) is 11.4 Å². The van der Waals surface area contributed by atoms with Gasteiger partial charge in [0.2, 0.25) is 0 Å². The zero-order valence-electron chi connectivity index (χ0n) is 10.8. The number of fused-ring (bicyclic) bond motifs is 1. The molecule has 0 unspecified atom stereocenters. The molecule has 3 rings (SSSR count). The summed E-state index contributed by atoms with van der Waals surface area (Å²) in [6, 6.07) is 12.4. The van der Waals surface area contributed by atoms with E-state index in [2.05, 4.69) is 10.2 Å². The van der Waals surface area contributed by atoms with Gasteiger partial charge in [0.15, 0.2) is 0 Å². The van der Waals surface area contributed by atoms with Crippen LogP contribution in [0.5, 0.6) is 5.75 Å². The van der Waals surface area contributed by atoms with E-state index in [0.717, 1.165) is 16.5 Å². The van der Waals surface area contributed by atoms with Crippen LogP contribution in [0.25, 0.3) is 22.2 Å². The fourth-order valence-corrected chi connectivity index (χ4v) is 2.19. The molecule has 0 aliphatic rings. The summed E-state index contributed by atoms with van der Waals surface area (Å²) in [5.74, 6) is -0.263. The van der Waals surface area contributed by atoms with Crippen LogP contribution >= 0.6 is 0 Å². The SMILES string of the molecule is COc1ccccc1-c1n[nH]c2ccc(C(=O)O)cc12. The van der Waals surface area contributed by atoms with Gasteiger partial charge in [0.05, 0.1) is 18.2 Å². The van der Waals surface area contributed by atoms with Gasteiger partial charge in [-0.3, -0.25) is 5.10 Å². The third-order valence-corrected chi connectivity index (χ3v) is 3.17. The van der Waals surface area contributed by atoms with E-state index in [1.165, 1.54) is 0 Å². The third kappa shape index (κ3) is 1.89. The second-order valence-electron chi connectivity index (χ2n) is 4.34. The number of para-hydroxylation sites is 1. The van der Waals surface area contributed by atoms with Crippen LogP contribution in [0.3, 0.4) is 0 Å². The fourth-order valence-electron chi connectivity index (χ4n) is 2.19. The molecule has 1 heterocycles. The number of aromatic carboxylic acids is 1. The molecule has 0 radical (unpaired) electrons. The van der Waals surface area contributed by atoms with Gasteiger partial charge in [-0.1, -0.05) is 12.1 Å². The van der Waals surface area contributed by atoms with Crippen LogP contribution in [-0.2, 0) is 0 Å². The molecule has 0 atom stereocenters. The minimum absolute atomic E-state index is 0.232. The molecule has 0 bridgehead atoms. The van der Waals surface area contributed by atoms with Crippen LogP contribution in [0.15, 0.2) is 42.5 Å². The first kappa shape index (κ1) is 12.2. The number of aromatic nitrogens is 2. The number of hydrogen-bond donors (Lipinski definition) is 2. The molecular formula is C15H12N2O3. The number of methoxy groups -OCH3 is 1. The second kappa shape index (κ2) is 4.70. The zero-order chi connectivity index (χ0) is 14.1. The normalized spacial score (nSPS) is 10.7. The Morgan fingerprint density at radius 3 is 2.80 bits per heavy atom. The Labute approximate surface area is 114 Å². The number of nitrogens with zero attached hydrogens (tertiary/aromatic N) is 1. The van der Waals surface area contributed by atoms with Crippen molar-refractivity contribution in [3.05, 3.63) is 48.0 Å². The number of ether oxygens (including phenoxy) is 1. The van der Waals surface area contributed by atoms with Crippen molar-refractivity contribution in [3.8, 4) is 17.0 Å². The smallest absolute Gasteiger partial charge is 0.335 e. The molecule has 0 fully saturated rings. The molecule has 3 aromatic rings. The van der Waals surface area contributed by atoms with Crippen molar-refractivity contribution < 1.29 is 14.6 Å². The number of carboxylic acids is 1. The van der Waals surface area contributed by atoms with Crippen molar-refractivity contribution in [1.29, 1.82) is 0 Å². The van der Waals surface area contributed by atoms with Gasteiger partial charge in [0, 0.05) is 10.9 Å². The molecule has 1 aromatic heterocycles. The quantitative estimate of drug-likeness (QED) is 0.765. The lowest BCUT2D eigenvalue weighted by atomic mass is 10.0. The van der Waals surface area contributed by atoms with Gasteiger partial charge < -0.3 is 9.84 Å². The maximum atomic E-state index is 11.1. The number of aromatic amines is 1. The Hall–Kier alpha value is -2.82. The average Bonchev–Trinajstić information content (AvgIpc) is 2.89. The predicted octanol–water partition coefficient (Wildman–Crippen LogP) is 2.94. The molecule has 0 aliphatic heterocycles. The molecule has 100 valence electrons. The van der Waals surface area contributed by atoms with Crippen molar-refractivity contribution in [3.63, 3.8) is 0 Å². The van der Waals surface area contributed by atoms with E-state index < -0.39 is 5.97 Å². The lowest BCUT2D eigenvalue weighted by Gasteiger charge is -2.06. The molecule has 20 heavy (non-hydrogen) atoms. The van der Waals surface area contributed by atoms with Crippen LogP contribution in [-0.4, -0.2) is 28.4 Å². The van der Waals surface area contributed by atoms with Gasteiger partial charge >= 0.3 is 5.97 Å². The minimum Gasteiger partial charge on any atom is -0.496 e. The summed E-state index contributed by atoms with van der Waals surface area (Å²) in [6.45, 7) is 0. The zero-order valence-corrected chi connectivity index (χ0v) is 10.8. The highest BCUT2D eigenvalue weighted by Crippen LogP contribution is 2.33. The van der Waals surface area contributed by atoms with Crippen LogP contribution in [0.1, 0.15) is 10.4 Å². The molecule has 0 amide bonds. The molecule has 0 spiro atoms. The Balaban J connectivity index is 2.26. The summed E-state index contributed by atoms with van der Waals surface area (Å²) in [4.78, 5) is 11.1. The first-order chi connectivity index (χ1) is 9.70. The molecule has 0 saturated heterocycles. The van der Waals surface area contributed by atoms with E-state index in [-0.39, 0.29) is 5.56 Å². The van der Waals surface area contributed by atoms with Crippen molar-refractivity contribution in [2.45, 2.75) is 0 Å². The summed E-state index contributed by atoms with van der Waals surface area (Å²) in [5, 5.41) is 17.0.